The molecule has 0 fully saturated rings. The summed E-state index contributed by atoms with van der Waals surface area (Å²) in [7, 11) is 0. The Balaban J connectivity index is 2.27. The van der Waals surface area contributed by atoms with E-state index in [-0.39, 0.29) is 5.82 Å². The Morgan fingerprint density at radius 3 is 2.88 bits per heavy atom. The molecule has 0 unspecified atom stereocenters. The van der Waals surface area contributed by atoms with Crippen LogP contribution in [-0.4, -0.2) is 14.4 Å². The predicted octanol–water partition coefficient (Wildman–Crippen LogP) is 3.19. The largest absolute Gasteiger partial charge is 0.297 e. The van der Waals surface area contributed by atoms with Crippen LogP contribution in [0.1, 0.15) is 0 Å². The second kappa shape index (κ2) is 3.82. The lowest BCUT2D eigenvalue weighted by molar-refractivity contribution is 0.628. The van der Waals surface area contributed by atoms with Crippen LogP contribution < -0.4 is 0 Å². The molecule has 0 aliphatic heterocycles. The van der Waals surface area contributed by atoms with Crippen LogP contribution in [-0.2, 0) is 0 Å². The maximum atomic E-state index is 13.3. The molecule has 3 nitrogen and oxygen atoms in total. The topological polar surface area (TPSA) is 30.2 Å². The van der Waals surface area contributed by atoms with Crippen molar-refractivity contribution >= 4 is 17.2 Å². The monoisotopic (exact) mass is 247 g/mol. The van der Waals surface area contributed by atoms with E-state index in [9.17, 15) is 4.39 Å². The van der Waals surface area contributed by atoms with Crippen LogP contribution >= 0.6 is 11.6 Å². The molecule has 0 N–H and O–H groups in total. The maximum Gasteiger partial charge on any atom is 0.155 e. The van der Waals surface area contributed by atoms with Crippen molar-refractivity contribution in [3.8, 4) is 11.3 Å². The predicted molar refractivity (Wildman–Crippen MR) is 63.4 cm³/mol. The third-order valence-electron chi connectivity index (χ3n) is 2.48. The Kier molecular flexibility index (Phi) is 2.30. The number of rotatable bonds is 1. The van der Waals surface area contributed by atoms with Crippen LogP contribution in [0, 0.1) is 5.82 Å². The van der Waals surface area contributed by atoms with E-state index in [0.29, 0.717) is 16.2 Å². The second-order valence-electron chi connectivity index (χ2n) is 3.61. The van der Waals surface area contributed by atoms with E-state index in [1.807, 2.05) is 4.40 Å². The Morgan fingerprint density at radius 1 is 1.18 bits per heavy atom. The summed E-state index contributed by atoms with van der Waals surface area (Å²) in [5, 5.41) is 0.365. The van der Waals surface area contributed by atoms with Gasteiger partial charge in [0.25, 0.3) is 0 Å². The smallest absolute Gasteiger partial charge is 0.155 e. The van der Waals surface area contributed by atoms with Crippen LogP contribution in [0.2, 0.25) is 5.02 Å². The van der Waals surface area contributed by atoms with Crippen LogP contribution in [0.4, 0.5) is 4.39 Å². The standard InChI is InChI=1S/C12H7ClFN3/c13-9-3-8(4-10(14)5-9)11-6-16-12-7-15-1-2-17(11)12/h1-7H. The molecule has 0 bridgehead atoms. The zero-order valence-electron chi connectivity index (χ0n) is 8.64. The van der Waals surface area contributed by atoms with Gasteiger partial charge in [0.15, 0.2) is 5.65 Å². The third-order valence-corrected chi connectivity index (χ3v) is 2.69. The van der Waals surface area contributed by atoms with Gasteiger partial charge in [0.05, 0.1) is 18.1 Å². The van der Waals surface area contributed by atoms with Gasteiger partial charge in [0.1, 0.15) is 5.82 Å². The normalized spacial score (nSPS) is 10.9. The van der Waals surface area contributed by atoms with Gasteiger partial charge < -0.3 is 0 Å². The van der Waals surface area contributed by atoms with E-state index < -0.39 is 0 Å². The number of nitrogens with zero attached hydrogens (tertiary/aromatic N) is 3. The molecule has 3 aromatic rings. The minimum Gasteiger partial charge on any atom is -0.297 e. The number of aromatic nitrogens is 3. The van der Waals surface area contributed by atoms with Gasteiger partial charge in [0, 0.05) is 23.0 Å². The Hall–Kier alpha value is -1.94. The summed E-state index contributed by atoms with van der Waals surface area (Å²) < 4.78 is 15.1. The fraction of sp³-hybridized carbons (Fsp3) is 0. The van der Waals surface area contributed by atoms with Gasteiger partial charge in [-0.3, -0.25) is 9.38 Å². The van der Waals surface area contributed by atoms with Crippen molar-refractivity contribution < 1.29 is 4.39 Å². The summed E-state index contributed by atoms with van der Waals surface area (Å²) in [5.74, 6) is -0.364. The van der Waals surface area contributed by atoms with E-state index in [1.54, 1.807) is 30.9 Å². The van der Waals surface area contributed by atoms with Crippen LogP contribution in [0.25, 0.3) is 16.9 Å². The molecule has 0 saturated heterocycles. The van der Waals surface area contributed by atoms with E-state index >= 15 is 0 Å². The number of imidazole rings is 1. The van der Waals surface area contributed by atoms with E-state index in [0.717, 1.165) is 5.69 Å². The minimum atomic E-state index is -0.364. The molecule has 5 heteroatoms. The molecular formula is C12H7ClFN3. The first kappa shape index (κ1) is 10.2. The molecule has 3 rings (SSSR count). The fourth-order valence-corrected chi connectivity index (χ4v) is 1.98. The van der Waals surface area contributed by atoms with Gasteiger partial charge >= 0.3 is 0 Å². The lowest BCUT2D eigenvalue weighted by atomic mass is 10.1. The molecular weight excluding hydrogens is 241 g/mol. The molecule has 17 heavy (non-hydrogen) atoms. The second-order valence-corrected chi connectivity index (χ2v) is 4.04. The molecule has 0 aliphatic rings. The zero-order chi connectivity index (χ0) is 11.8. The van der Waals surface area contributed by atoms with Crippen molar-refractivity contribution in [2.24, 2.45) is 0 Å². The molecule has 84 valence electrons. The summed E-state index contributed by atoms with van der Waals surface area (Å²) in [5.41, 5.74) is 2.18. The molecule has 0 aliphatic carbocycles. The van der Waals surface area contributed by atoms with E-state index in [1.165, 1.54) is 12.1 Å². The van der Waals surface area contributed by atoms with Crippen LogP contribution in [0.15, 0.2) is 43.0 Å². The van der Waals surface area contributed by atoms with Crippen molar-refractivity contribution in [3.63, 3.8) is 0 Å². The average Bonchev–Trinajstić information content (AvgIpc) is 2.71. The summed E-state index contributed by atoms with van der Waals surface area (Å²) in [6, 6.07) is 4.40. The van der Waals surface area contributed by atoms with Gasteiger partial charge in [-0.25, -0.2) is 9.37 Å². The van der Waals surface area contributed by atoms with Gasteiger partial charge in [-0.05, 0) is 18.2 Å². The zero-order valence-corrected chi connectivity index (χ0v) is 9.39. The Labute approximate surface area is 102 Å². The van der Waals surface area contributed by atoms with E-state index in [4.69, 9.17) is 11.6 Å². The summed E-state index contributed by atoms with van der Waals surface area (Å²) in [6.07, 6.45) is 6.74. The quantitative estimate of drug-likeness (QED) is 0.661. The number of hydrogen-bond donors (Lipinski definition) is 0. The van der Waals surface area contributed by atoms with Crippen molar-refractivity contribution in [1.82, 2.24) is 14.4 Å². The summed E-state index contributed by atoms with van der Waals surface area (Å²) in [6.45, 7) is 0. The lowest BCUT2D eigenvalue weighted by Crippen LogP contribution is -1.89. The molecule has 0 spiro atoms. The Bertz CT molecular complexity index is 673. The molecule has 0 amide bonds. The van der Waals surface area contributed by atoms with Crippen molar-refractivity contribution in [3.05, 3.63) is 53.8 Å². The molecule has 2 heterocycles. The number of benzene rings is 1. The van der Waals surface area contributed by atoms with Gasteiger partial charge in [-0.2, -0.15) is 0 Å². The van der Waals surface area contributed by atoms with Crippen molar-refractivity contribution in [2.45, 2.75) is 0 Å². The number of fused-ring (bicyclic) bond motifs is 1. The molecule has 1 aromatic carbocycles. The van der Waals surface area contributed by atoms with Gasteiger partial charge in [-0.1, -0.05) is 11.6 Å². The van der Waals surface area contributed by atoms with Gasteiger partial charge in [-0.15, -0.1) is 0 Å². The molecule has 0 radical (unpaired) electrons. The highest BCUT2D eigenvalue weighted by Crippen LogP contribution is 2.24. The highest BCUT2D eigenvalue weighted by molar-refractivity contribution is 6.30. The van der Waals surface area contributed by atoms with Gasteiger partial charge in [0.2, 0.25) is 0 Å². The van der Waals surface area contributed by atoms with Crippen molar-refractivity contribution in [1.29, 1.82) is 0 Å². The Morgan fingerprint density at radius 2 is 2.06 bits per heavy atom. The number of hydrogen-bond acceptors (Lipinski definition) is 2. The molecule has 0 saturated carbocycles. The first-order chi connectivity index (χ1) is 8.24. The van der Waals surface area contributed by atoms with E-state index in [2.05, 4.69) is 9.97 Å². The highest BCUT2D eigenvalue weighted by atomic mass is 35.5. The molecule has 2 aromatic heterocycles. The minimum absolute atomic E-state index is 0.364. The molecule has 0 atom stereocenters. The first-order valence-corrected chi connectivity index (χ1v) is 5.35. The van der Waals surface area contributed by atoms with Crippen LogP contribution in [0.3, 0.4) is 0 Å². The summed E-state index contributed by atoms with van der Waals surface area (Å²) in [4.78, 5) is 8.16. The fourth-order valence-electron chi connectivity index (χ4n) is 1.76. The first-order valence-electron chi connectivity index (χ1n) is 4.97. The van der Waals surface area contributed by atoms with Crippen molar-refractivity contribution in [2.75, 3.05) is 0 Å². The highest BCUT2D eigenvalue weighted by Gasteiger charge is 2.07. The van der Waals surface area contributed by atoms with Crippen LogP contribution in [0.5, 0.6) is 0 Å². The number of halogens is 2. The third kappa shape index (κ3) is 1.76. The summed E-state index contributed by atoms with van der Waals surface area (Å²) >= 11 is 5.84. The lowest BCUT2D eigenvalue weighted by Gasteiger charge is -2.02. The maximum absolute atomic E-state index is 13.3. The average molecular weight is 248 g/mol. The SMILES string of the molecule is Fc1cc(Cl)cc(-c2cnc3cnccn23)c1.